The lowest BCUT2D eigenvalue weighted by Gasteiger charge is -2.08. The van der Waals surface area contributed by atoms with Crippen molar-refractivity contribution in [2.45, 2.75) is 13.5 Å². The van der Waals surface area contributed by atoms with Gasteiger partial charge in [-0.2, -0.15) is 5.10 Å². The highest BCUT2D eigenvalue weighted by molar-refractivity contribution is 5.88. The van der Waals surface area contributed by atoms with E-state index in [2.05, 4.69) is 15.5 Å². The topological polar surface area (TPSA) is 121 Å². The van der Waals surface area contributed by atoms with Crippen molar-refractivity contribution in [3.63, 3.8) is 0 Å². The number of nitro benzene ring substituents is 1. The molecule has 0 aliphatic heterocycles. The third-order valence-corrected chi connectivity index (χ3v) is 4.27. The second-order valence-electron chi connectivity index (χ2n) is 6.05. The number of nitrogens with one attached hydrogen (secondary N) is 1. The number of hydrogen-bond acceptors (Lipinski definition) is 7. The highest BCUT2D eigenvalue weighted by Gasteiger charge is 2.18. The van der Waals surface area contributed by atoms with Gasteiger partial charge in [-0.3, -0.25) is 14.9 Å². The molecule has 150 valence electrons. The number of para-hydroxylation sites is 2. The Kier molecular flexibility index (Phi) is 5.72. The SMILES string of the molecule is COc1cc(/C=N\NC(=O)Cn2c(C)nc3ccccc32)c([N+](=O)[O-])cc1OC. The van der Waals surface area contributed by atoms with Crippen LogP contribution in [0.3, 0.4) is 0 Å². The summed E-state index contributed by atoms with van der Waals surface area (Å²) in [6.07, 6.45) is 1.19. The summed E-state index contributed by atoms with van der Waals surface area (Å²) in [4.78, 5) is 27.4. The monoisotopic (exact) mass is 397 g/mol. The molecule has 0 atom stereocenters. The first-order chi connectivity index (χ1) is 13.9. The fourth-order valence-corrected chi connectivity index (χ4v) is 2.89. The molecule has 0 radical (unpaired) electrons. The fraction of sp³-hybridized carbons (Fsp3) is 0.211. The lowest BCUT2D eigenvalue weighted by atomic mass is 10.1. The van der Waals surface area contributed by atoms with E-state index in [4.69, 9.17) is 9.47 Å². The molecule has 3 aromatic rings. The standard InChI is InChI=1S/C19H19N5O5/c1-12-21-14-6-4-5-7-15(14)23(12)11-19(25)22-20-10-13-8-17(28-2)18(29-3)9-16(13)24(26)27/h4-10H,11H2,1-3H3,(H,22,25)/b20-10-. The Bertz CT molecular complexity index is 1110. The third-order valence-electron chi connectivity index (χ3n) is 4.27. The number of amides is 1. The van der Waals surface area contributed by atoms with E-state index in [1.54, 1.807) is 4.57 Å². The summed E-state index contributed by atoms with van der Waals surface area (Å²) in [5.74, 6) is 0.839. The van der Waals surface area contributed by atoms with Gasteiger partial charge in [0.1, 0.15) is 12.4 Å². The lowest BCUT2D eigenvalue weighted by Crippen LogP contribution is -2.23. The molecule has 1 amide bonds. The number of imidazole rings is 1. The Morgan fingerprint density at radius 3 is 2.66 bits per heavy atom. The van der Waals surface area contributed by atoms with Gasteiger partial charge in [0, 0.05) is 0 Å². The van der Waals surface area contributed by atoms with E-state index in [0.29, 0.717) is 11.6 Å². The molecule has 29 heavy (non-hydrogen) atoms. The summed E-state index contributed by atoms with van der Waals surface area (Å²) in [5.41, 5.74) is 3.95. The Morgan fingerprint density at radius 1 is 1.28 bits per heavy atom. The van der Waals surface area contributed by atoms with Crippen LogP contribution in [0.15, 0.2) is 41.5 Å². The zero-order valence-corrected chi connectivity index (χ0v) is 16.1. The fourth-order valence-electron chi connectivity index (χ4n) is 2.89. The van der Waals surface area contributed by atoms with E-state index in [1.165, 1.54) is 32.6 Å². The van der Waals surface area contributed by atoms with Crippen molar-refractivity contribution in [1.29, 1.82) is 0 Å². The smallest absolute Gasteiger partial charge is 0.282 e. The molecule has 10 nitrogen and oxygen atoms in total. The zero-order valence-electron chi connectivity index (χ0n) is 16.1. The van der Waals surface area contributed by atoms with Crippen molar-refractivity contribution in [2.75, 3.05) is 14.2 Å². The first-order valence-corrected chi connectivity index (χ1v) is 8.58. The normalized spacial score (nSPS) is 11.0. The van der Waals surface area contributed by atoms with Gasteiger partial charge in [0.05, 0.1) is 48.0 Å². The second kappa shape index (κ2) is 8.38. The molecule has 1 N–H and O–H groups in total. The molecule has 0 aliphatic carbocycles. The maximum Gasteiger partial charge on any atom is 0.282 e. The van der Waals surface area contributed by atoms with Crippen molar-refractivity contribution in [3.05, 3.63) is 57.9 Å². The number of nitrogens with zero attached hydrogens (tertiary/aromatic N) is 4. The highest BCUT2D eigenvalue weighted by atomic mass is 16.6. The summed E-state index contributed by atoms with van der Waals surface area (Å²) < 4.78 is 12.0. The Balaban J connectivity index is 1.78. The predicted octanol–water partition coefficient (Wildman–Crippen LogP) is 2.42. The number of methoxy groups -OCH3 is 2. The van der Waals surface area contributed by atoms with Crippen LogP contribution in [0.4, 0.5) is 5.69 Å². The average Bonchev–Trinajstić information content (AvgIpc) is 3.02. The van der Waals surface area contributed by atoms with Crippen molar-refractivity contribution in [3.8, 4) is 11.5 Å². The van der Waals surface area contributed by atoms with Crippen LogP contribution in [-0.2, 0) is 11.3 Å². The number of fused-ring (bicyclic) bond motifs is 1. The van der Waals surface area contributed by atoms with Gasteiger partial charge in [0.25, 0.3) is 11.6 Å². The van der Waals surface area contributed by atoms with E-state index in [0.717, 1.165) is 11.0 Å². The Labute approximate surface area is 165 Å². The average molecular weight is 397 g/mol. The first-order valence-electron chi connectivity index (χ1n) is 8.58. The van der Waals surface area contributed by atoms with E-state index in [-0.39, 0.29) is 23.5 Å². The second-order valence-corrected chi connectivity index (χ2v) is 6.05. The van der Waals surface area contributed by atoms with Crippen LogP contribution in [0.5, 0.6) is 11.5 Å². The third kappa shape index (κ3) is 4.15. The zero-order chi connectivity index (χ0) is 21.0. The van der Waals surface area contributed by atoms with Gasteiger partial charge in [-0.25, -0.2) is 10.4 Å². The molecule has 10 heteroatoms. The number of nitro groups is 1. The number of aryl methyl sites for hydroxylation is 1. The highest BCUT2D eigenvalue weighted by Crippen LogP contribution is 2.33. The van der Waals surface area contributed by atoms with Gasteiger partial charge in [0.15, 0.2) is 11.5 Å². The van der Waals surface area contributed by atoms with E-state index in [1.807, 2.05) is 31.2 Å². The molecular weight excluding hydrogens is 378 g/mol. The molecule has 0 bridgehead atoms. The summed E-state index contributed by atoms with van der Waals surface area (Å²) in [6, 6.07) is 10.1. The van der Waals surface area contributed by atoms with Crippen molar-refractivity contribution >= 4 is 28.8 Å². The number of hydrazone groups is 1. The van der Waals surface area contributed by atoms with Crippen LogP contribution in [0, 0.1) is 17.0 Å². The van der Waals surface area contributed by atoms with Crippen LogP contribution in [0.2, 0.25) is 0 Å². The van der Waals surface area contributed by atoms with Crippen LogP contribution in [0.1, 0.15) is 11.4 Å². The van der Waals surface area contributed by atoms with E-state index < -0.39 is 10.8 Å². The molecule has 0 spiro atoms. The Hall–Kier alpha value is -3.95. The number of hydrogen-bond donors (Lipinski definition) is 1. The number of carbonyl (C=O) groups is 1. The molecule has 0 aliphatic rings. The number of aromatic nitrogens is 2. The van der Waals surface area contributed by atoms with Gasteiger partial charge in [-0.1, -0.05) is 12.1 Å². The quantitative estimate of drug-likeness (QED) is 0.371. The molecule has 0 saturated carbocycles. The molecule has 2 aromatic carbocycles. The summed E-state index contributed by atoms with van der Waals surface area (Å²) in [5, 5.41) is 15.2. The minimum absolute atomic E-state index is 0.0116. The number of ether oxygens (including phenoxy) is 2. The van der Waals surface area contributed by atoms with Gasteiger partial charge in [-0.15, -0.1) is 0 Å². The number of benzene rings is 2. The molecule has 0 saturated heterocycles. The maximum absolute atomic E-state index is 12.3. The predicted molar refractivity (Wildman–Crippen MR) is 106 cm³/mol. The number of rotatable bonds is 7. The molecule has 0 fully saturated rings. The van der Waals surface area contributed by atoms with Crippen molar-refractivity contribution < 1.29 is 19.2 Å². The number of carbonyl (C=O) groups excluding carboxylic acids is 1. The largest absolute Gasteiger partial charge is 0.493 e. The lowest BCUT2D eigenvalue weighted by molar-refractivity contribution is -0.385. The van der Waals surface area contributed by atoms with Crippen LogP contribution in [0.25, 0.3) is 11.0 Å². The summed E-state index contributed by atoms with van der Waals surface area (Å²) in [7, 11) is 2.81. The van der Waals surface area contributed by atoms with Gasteiger partial charge >= 0.3 is 0 Å². The van der Waals surface area contributed by atoms with Crippen molar-refractivity contribution in [1.82, 2.24) is 15.0 Å². The van der Waals surface area contributed by atoms with Crippen LogP contribution < -0.4 is 14.9 Å². The molecule has 0 unspecified atom stereocenters. The van der Waals surface area contributed by atoms with Crippen LogP contribution in [-0.4, -0.2) is 40.8 Å². The Morgan fingerprint density at radius 2 is 1.97 bits per heavy atom. The van der Waals surface area contributed by atoms with E-state index >= 15 is 0 Å². The van der Waals surface area contributed by atoms with Gasteiger partial charge in [0.2, 0.25) is 0 Å². The van der Waals surface area contributed by atoms with Crippen molar-refractivity contribution in [2.24, 2.45) is 5.10 Å². The minimum atomic E-state index is -0.563. The summed E-state index contributed by atoms with van der Waals surface area (Å²) >= 11 is 0. The van der Waals surface area contributed by atoms with Gasteiger partial charge in [-0.05, 0) is 25.1 Å². The molecule has 1 aromatic heterocycles. The minimum Gasteiger partial charge on any atom is -0.493 e. The summed E-state index contributed by atoms with van der Waals surface area (Å²) in [6.45, 7) is 1.82. The van der Waals surface area contributed by atoms with Gasteiger partial charge < -0.3 is 14.0 Å². The van der Waals surface area contributed by atoms with Crippen LogP contribution >= 0.6 is 0 Å². The molecule has 1 heterocycles. The molecular formula is C19H19N5O5. The van der Waals surface area contributed by atoms with E-state index in [9.17, 15) is 14.9 Å². The first kappa shape index (κ1) is 19.8. The molecule has 3 rings (SSSR count). The maximum atomic E-state index is 12.3.